The number of hydrogen-bond donors (Lipinski definition) is 1. The largest absolute Gasteiger partial charge is 0.489 e. The van der Waals surface area contributed by atoms with Gasteiger partial charge in [-0.3, -0.25) is 4.90 Å². The average Bonchev–Trinajstić information content (AvgIpc) is 2.64. The zero-order chi connectivity index (χ0) is 16.8. The molecule has 1 saturated heterocycles. The molecule has 1 unspecified atom stereocenters. The molecule has 1 aliphatic heterocycles. The highest BCUT2D eigenvalue weighted by molar-refractivity contribution is 5.30. The van der Waals surface area contributed by atoms with E-state index in [0.717, 1.165) is 43.1 Å². The molecule has 1 fully saturated rings. The fraction of sp³-hybridized carbons (Fsp3) is 0.400. The Hall–Kier alpha value is -1.88. The van der Waals surface area contributed by atoms with Gasteiger partial charge in [-0.1, -0.05) is 42.5 Å². The minimum atomic E-state index is 0.0712. The van der Waals surface area contributed by atoms with Gasteiger partial charge >= 0.3 is 0 Å². The van der Waals surface area contributed by atoms with Crippen LogP contribution in [0.3, 0.4) is 0 Å². The molecule has 3 rings (SSSR count). The van der Waals surface area contributed by atoms with E-state index in [4.69, 9.17) is 4.74 Å². The van der Waals surface area contributed by atoms with Gasteiger partial charge < -0.3 is 14.7 Å². The van der Waals surface area contributed by atoms with Crippen LogP contribution in [0.2, 0.25) is 0 Å². The van der Waals surface area contributed by atoms with Crippen LogP contribution >= 0.6 is 0 Å². The number of likely N-dealkylation sites (N-methyl/N-ethyl adjacent to an activating group) is 1. The Kier molecular flexibility index (Phi) is 5.86. The molecular weight excluding hydrogens is 300 g/mol. The van der Waals surface area contributed by atoms with Crippen molar-refractivity contribution in [3.05, 3.63) is 65.7 Å². The molecule has 128 valence electrons. The first-order chi connectivity index (χ1) is 11.8. The Morgan fingerprint density at radius 2 is 1.62 bits per heavy atom. The standard InChI is InChI=1S/C20H26N2O2/c1-21-11-13-22(14-12-21)20(15-23)18-7-9-19(10-8-18)24-16-17-5-3-2-4-6-17/h2-10,20,23H,11-16H2,1H3. The summed E-state index contributed by atoms with van der Waals surface area (Å²) < 4.78 is 5.84. The first-order valence-electron chi connectivity index (χ1n) is 8.56. The summed E-state index contributed by atoms with van der Waals surface area (Å²) in [5, 5.41) is 9.83. The van der Waals surface area contributed by atoms with Gasteiger partial charge in [0.2, 0.25) is 0 Å². The van der Waals surface area contributed by atoms with Crippen molar-refractivity contribution < 1.29 is 9.84 Å². The predicted octanol–water partition coefficient (Wildman–Crippen LogP) is 2.55. The molecule has 1 heterocycles. The van der Waals surface area contributed by atoms with E-state index in [9.17, 15) is 5.11 Å². The fourth-order valence-electron chi connectivity index (χ4n) is 3.09. The topological polar surface area (TPSA) is 35.9 Å². The maximum atomic E-state index is 9.83. The Bertz CT molecular complexity index is 607. The zero-order valence-electron chi connectivity index (χ0n) is 14.3. The second-order valence-corrected chi connectivity index (χ2v) is 6.38. The Morgan fingerprint density at radius 3 is 2.25 bits per heavy atom. The highest BCUT2D eigenvalue weighted by Gasteiger charge is 2.23. The lowest BCUT2D eigenvalue weighted by Gasteiger charge is -2.37. The van der Waals surface area contributed by atoms with E-state index < -0.39 is 0 Å². The van der Waals surface area contributed by atoms with Gasteiger partial charge in [-0.2, -0.15) is 0 Å². The number of benzene rings is 2. The van der Waals surface area contributed by atoms with E-state index in [1.54, 1.807) is 0 Å². The molecule has 4 nitrogen and oxygen atoms in total. The van der Waals surface area contributed by atoms with Gasteiger partial charge in [0.05, 0.1) is 12.6 Å². The number of aliphatic hydroxyl groups is 1. The van der Waals surface area contributed by atoms with Crippen molar-refractivity contribution in [2.45, 2.75) is 12.6 Å². The van der Waals surface area contributed by atoms with Crippen LogP contribution in [0.15, 0.2) is 54.6 Å². The summed E-state index contributed by atoms with van der Waals surface area (Å²) in [6, 6.07) is 18.4. The summed E-state index contributed by atoms with van der Waals surface area (Å²) in [6.45, 7) is 4.81. The molecule has 2 aromatic carbocycles. The van der Waals surface area contributed by atoms with Crippen LogP contribution in [0.1, 0.15) is 17.2 Å². The smallest absolute Gasteiger partial charge is 0.119 e. The van der Waals surface area contributed by atoms with E-state index in [1.165, 1.54) is 0 Å². The van der Waals surface area contributed by atoms with Gasteiger partial charge in [-0.05, 0) is 30.3 Å². The zero-order valence-corrected chi connectivity index (χ0v) is 14.3. The molecular formula is C20H26N2O2. The second-order valence-electron chi connectivity index (χ2n) is 6.38. The lowest BCUT2D eigenvalue weighted by molar-refractivity contribution is 0.0748. The molecule has 1 atom stereocenters. The molecule has 24 heavy (non-hydrogen) atoms. The fourth-order valence-corrected chi connectivity index (χ4v) is 3.09. The first kappa shape index (κ1) is 17.0. The summed E-state index contributed by atoms with van der Waals surface area (Å²) in [4.78, 5) is 4.69. The highest BCUT2D eigenvalue weighted by Crippen LogP contribution is 2.24. The van der Waals surface area contributed by atoms with Crippen molar-refractivity contribution in [3.8, 4) is 5.75 Å². The molecule has 1 aliphatic rings. The van der Waals surface area contributed by atoms with Crippen LogP contribution < -0.4 is 4.74 Å². The molecule has 0 radical (unpaired) electrons. The van der Waals surface area contributed by atoms with Gasteiger partial charge in [-0.25, -0.2) is 0 Å². The lowest BCUT2D eigenvalue weighted by atomic mass is 10.0. The third-order valence-electron chi connectivity index (χ3n) is 4.66. The third-order valence-corrected chi connectivity index (χ3v) is 4.66. The van der Waals surface area contributed by atoms with Gasteiger partial charge in [0, 0.05) is 26.2 Å². The van der Waals surface area contributed by atoms with Crippen molar-refractivity contribution in [1.29, 1.82) is 0 Å². The number of aliphatic hydroxyl groups excluding tert-OH is 1. The summed E-state index contributed by atoms with van der Waals surface area (Å²) >= 11 is 0. The van der Waals surface area contributed by atoms with E-state index in [1.807, 2.05) is 30.3 Å². The molecule has 1 N–H and O–H groups in total. The molecule has 0 spiro atoms. The summed E-state index contributed by atoms with van der Waals surface area (Å²) in [5.41, 5.74) is 2.31. The maximum absolute atomic E-state index is 9.83. The molecule has 0 amide bonds. The monoisotopic (exact) mass is 326 g/mol. The van der Waals surface area contributed by atoms with E-state index in [2.05, 4.69) is 41.1 Å². The van der Waals surface area contributed by atoms with Crippen LogP contribution in [0.5, 0.6) is 5.75 Å². The number of piperazine rings is 1. The summed E-state index contributed by atoms with van der Waals surface area (Å²) in [7, 11) is 2.14. The summed E-state index contributed by atoms with van der Waals surface area (Å²) in [6.07, 6.45) is 0. The van der Waals surface area contributed by atoms with Crippen molar-refractivity contribution in [3.63, 3.8) is 0 Å². The van der Waals surface area contributed by atoms with E-state index >= 15 is 0 Å². The number of hydrogen-bond acceptors (Lipinski definition) is 4. The first-order valence-corrected chi connectivity index (χ1v) is 8.56. The molecule has 0 aliphatic carbocycles. The number of rotatable bonds is 6. The Morgan fingerprint density at radius 1 is 0.958 bits per heavy atom. The minimum absolute atomic E-state index is 0.0712. The lowest BCUT2D eigenvalue weighted by Crippen LogP contribution is -2.46. The number of nitrogens with zero attached hydrogens (tertiary/aromatic N) is 2. The Balaban J connectivity index is 1.60. The molecule has 0 saturated carbocycles. The second kappa shape index (κ2) is 8.29. The average molecular weight is 326 g/mol. The van der Waals surface area contributed by atoms with Crippen molar-refractivity contribution in [1.82, 2.24) is 9.80 Å². The maximum Gasteiger partial charge on any atom is 0.119 e. The van der Waals surface area contributed by atoms with Crippen molar-refractivity contribution >= 4 is 0 Å². The summed E-state index contributed by atoms with van der Waals surface area (Å²) in [5.74, 6) is 0.859. The molecule has 2 aromatic rings. The minimum Gasteiger partial charge on any atom is -0.489 e. The van der Waals surface area contributed by atoms with Gasteiger partial charge in [0.1, 0.15) is 12.4 Å². The van der Waals surface area contributed by atoms with Crippen molar-refractivity contribution in [2.24, 2.45) is 0 Å². The van der Waals surface area contributed by atoms with Crippen LogP contribution in [0.4, 0.5) is 0 Å². The van der Waals surface area contributed by atoms with Gasteiger partial charge in [0.25, 0.3) is 0 Å². The van der Waals surface area contributed by atoms with Crippen LogP contribution in [0, 0.1) is 0 Å². The van der Waals surface area contributed by atoms with Crippen molar-refractivity contribution in [2.75, 3.05) is 39.8 Å². The van der Waals surface area contributed by atoms with E-state index in [-0.39, 0.29) is 12.6 Å². The van der Waals surface area contributed by atoms with Gasteiger partial charge in [0.15, 0.2) is 0 Å². The highest BCUT2D eigenvalue weighted by atomic mass is 16.5. The molecule has 0 bridgehead atoms. The molecule has 4 heteroatoms. The van der Waals surface area contributed by atoms with Crippen LogP contribution in [-0.4, -0.2) is 54.7 Å². The van der Waals surface area contributed by atoms with Crippen LogP contribution in [0.25, 0.3) is 0 Å². The third kappa shape index (κ3) is 4.35. The Labute approximate surface area is 144 Å². The SMILES string of the molecule is CN1CCN(C(CO)c2ccc(OCc3ccccc3)cc2)CC1. The molecule has 0 aromatic heterocycles. The quantitative estimate of drug-likeness (QED) is 0.885. The van der Waals surface area contributed by atoms with E-state index in [0.29, 0.717) is 6.61 Å². The number of ether oxygens (including phenoxy) is 1. The van der Waals surface area contributed by atoms with Gasteiger partial charge in [-0.15, -0.1) is 0 Å². The normalized spacial score (nSPS) is 17.6. The predicted molar refractivity (Wildman–Crippen MR) is 96.1 cm³/mol. The van der Waals surface area contributed by atoms with Crippen LogP contribution in [-0.2, 0) is 6.61 Å².